The van der Waals surface area contributed by atoms with Crippen LogP contribution < -0.4 is 11.5 Å². The molecule has 0 unspecified atom stereocenters. The Hall–Kier alpha value is -1.97. The van der Waals surface area contributed by atoms with Crippen molar-refractivity contribution in [3.63, 3.8) is 0 Å². The Labute approximate surface area is 93.0 Å². The summed E-state index contributed by atoms with van der Waals surface area (Å²) >= 11 is 0. The summed E-state index contributed by atoms with van der Waals surface area (Å²) in [6.07, 6.45) is 1.97. The van der Waals surface area contributed by atoms with E-state index in [0.717, 1.165) is 11.1 Å². The summed E-state index contributed by atoms with van der Waals surface area (Å²) in [5, 5.41) is 0. The molecule has 2 N–H and O–H groups in total. The number of rotatable bonds is 2. The summed E-state index contributed by atoms with van der Waals surface area (Å²) in [6.45, 7) is 4.49. The van der Waals surface area contributed by atoms with Crippen molar-refractivity contribution in [1.29, 1.82) is 0 Å². The van der Waals surface area contributed by atoms with Crippen LogP contribution in [-0.4, -0.2) is 4.57 Å². The second kappa shape index (κ2) is 3.89. The lowest BCUT2D eigenvalue weighted by molar-refractivity contribution is 0.519. The standard InChI is InChI=1S/C12H14N2O2/c1-8(2)5-6-14-10-7-9(13)3-4-11(10)16-12(14)15/h3-5,7H,6,13H2,1-2H3. The van der Waals surface area contributed by atoms with Crippen molar-refractivity contribution in [2.24, 2.45) is 0 Å². The maximum atomic E-state index is 11.6. The third-order valence-corrected chi connectivity index (χ3v) is 2.37. The Morgan fingerprint density at radius 2 is 2.25 bits per heavy atom. The van der Waals surface area contributed by atoms with Crippen molar-refractivity contribution >= 4 is 16.8 Å². The Morgan fingerprint density at radius 1 is 1.50 bits per heavy atom. The first-order chi connectivity index (χ1) is 7.58. The van der Waals surface area contributed by atoms with E-state index in [1.807, 2.05) is 19.9 Å². The van der Waals surface area contributed by atoms with Crippen LogP contribution in [0.3, 0.4) is 0 Å². The Bertz CT molecular complexity index is 601. The van der Waals surface area contributed by atoms with E-state index in [0.29, 0.717) is 17.8 Å². The topological polar surface area (TPSA) is 61.2 Å². The molecule has 0 saturated heterocycles. The van der Waals surface area contributed by atoms with E-state index in [2.05, 4.69) is 0 Å². The number of nitrogens with zero attached hydrogens (tertiary/aromatic N) is 1. The zero-order chi connectivity index (χ0) is 11.7. The first-order valence-corrected chi connectivity index (χ1v) is 5.10. The molecule has 0 aliphatic heterocycles. The van der Waals surface area contributed by atoms with Gasteiger partial charge in [-0.25, -0.2) is 4.79 Å². The lowest BCUT2D eigenvalue weighted by Crippen LogP contribution is -2.13. The summed E-state index contributed by atoms with van der Waals surface area (Å²) in [7, 11) is 0. The van der Waals surface area contributed by atoms with Gasteiger partial charge in [0.2, 0.25) is 0 Å². The minimum atomic E-state index is -0.349. The van der Waals surface area contributed by atoms with Gasteiger partial charge < -0.3 is 10.2 Å². The summed E-state index contributed by atoms with van der Waals surface area (Å²) < 4.78 is 6.68. The molecule has 0 spiro atoms. The van der Waals surface area contributed by atoms with Crippen molar-refractivity contribution in [3.05, 3.63) is 40.4 Å². The third kappa shape index (κ3) is 1.86. The van der Waals surface area contributed by atoms with Crippen molar-refractivity contribution in [3.8, 4) is 0 Å². The van der Waals surface area contributed by atoms with E-state index in [9.17, 15) is 4.79 Å². The van der Waals surface area contributed by atoms with E-state index < -0.39 is 0 Å². The molecule has 2 aromatic rings. The van der Waals surface area contributed by atoms with Crippen molar-refractivity contribution in [1.82, 2.24) is 4.57 Å². The number of oxazole rings is 1. The van der Waals surface area contributed by atoms with Gasteiger partial charge in [-0.15, -0.1) is 0 Å². The first-order valence-electron chi connectivity index (χ1n) is 5.10. The fourth-order valence-electron chi connectivity index (χ4n) is 1.53. The van der Waals surface area contributed by atoms with E-state index in [1.165, 1.54) is 0 Å². The summed E-state index contributed by atoms with van der Waals surface area (Å²) in [4.78, 5) is 11.6. The highest BCUT2D eigenvalue weighted by Crippen LogP contribution is 2.16. The SMILES string of the molecule is CC(C)=CCn1c(=O)oc2ccc(N)cc21. The number of hydrogen-bond acceptors (Lipinski definition) is 3. The number of aromatic nitrogens is 1. The summed E-state index contributed by atoms with van der Waals surface area (Å²) in [5.74, 6) is -0.349. The van der Waals surface area contributed by atoms with E-state index in [1.54, 1.807) is 22.8 Å². The van der Waals surface area contributed by atoms with Crippen LogP contribution in [0.2, 0.25) is 0 Å². The summed E-state index contributed by atoms with van der Waals surface area (Å²) in [5.41, 5.74) is 8.78. The number of hydrogen-bond donors (Lipinski definition) is 1. The maximum Gasteiger partial charge on any atom is 0.420 e. The van der Waals surface area contributed by atoms with Crippen LogP contribution in [0.1, 0.15) is 13.8 Å². The van der Waals surface area contributed by atoms with Crippen LogP contribution in [0.5, 0.6) is 0 Å². The quantitative estimate of drug-likeness (QED) is 0.620. The molecule has 4 nitrogen and oxygen atoms in total. The molecule has 0 amide bonds. The molecule has 1 aromatic carbocycles. The smallest absolute Gasteiger partial charge is 0.408 e. The van der Waals surface area contributed by atoms with Crippen LogP contribution in [0, 0.1) is 0 Å². The lowest BCUT2D eigenvalue weighted by Gasteiger charge is -1.98. The predicted molar refractivity (Wildman–Crippen MR) is 64.3 cm³/mol. The number of allylic oxidation sites excluding steroid dienone is 2. The molecule has 0 saturated carbocycles. The highest BCUT2D eigenvalue weighted by molar-refractivity contribution is 5.77. The highest BCUT2D eigenvalue weighted by Gasteiger charge is 2.07. The Morgan fingerprint density at radius 3 is 2.94 bits per heavy atom. The molecule has 0 fully saturated rings. The van der Waals surface area contributed by atoms with E-state index in [4.69, 9.17) is 10.2 Å². The number of anilines is 1. The molecule has 0 radical (unpaired) electrons. The number of benzene rings is 1. The van der Waals surface area contributed by atoms with Gasteiger partial charge in [0.15, 0.2) is 5.58 Å². The van der Waals surface area contributed by atoms with Gasteiger partial charge in [-0.2, -0.15) is 0 Å². The molecule has 1 aromatic heterocycles. The van der Waals surface area contributed by atoms with Crippen LogP contribution in [0.25, 0.3) is 11.1 Å². The minimum Gasteiger partial charge on any atom is -0.408 e. The molecule has 0 aliphatic rings. The van der Waals surface area contributed by atoms with Gasteiger partial charge in [0.1, 0.15) is 0 Å². The average molecular weight is 218 g/mol. The van der Waals surface area contributed by atoms with Gasteiger partial charge in [-0.1, -0.05) is 11.6 Å². The second-order valence-corrected chi connectivity index (χ2v) is 3.99. The molecular weight excluding hydrogens is 204 g/mol. The largest absolute Gasteiger partial charge is 0.420 e. The molecule has 0 bridgehead atoms. The van der Waals surface area contributed by atoms with E-state index in [-0.39, 0.29) is 5.76 Å². The molecule has 2 rings (SSSR count). The van der Waals surface area contributed by atoms with Crippen LogP contribution in [0.15, 0.2) is 39.1 Å². The minimum absolute atomic E-state index is 0.349. The van der Waals surface area contributed by atoms with Gasteiger partial charge in [0, 0.05) is 12.2 Å². The van der Waals surface area contributed by atoms with Crippen LogP contribution in [-0.2, 0) is 6.54 Å². The molecule has 4 heteroatoms. The number of nitrogen functional groups attached to an aromatic ring is 1. The number of fused-ring (bicyclic) bond motifs is 1. The Balaban J connectivity index is 2.59. The molecular formula is C12H14N2O2. The van der Waals surface area contributed by atoms with Crippen molar-refractivity contribution in [2.75, 3.05) is 5.73 Å². The first kappa shape index (κ1) is 10.5. The van der Waals surface area contributed by atoms with E-state index >= 15 is 0 Å². The molecule has 0 aliphatic carbocycles. The molecule has 84 valence electrons. The number of nitrogens with two attached hydrogens (primary N) is 1. The van der Waals surface area contributed by atoms with Gasteiger partial charge in [-0.3, -0.25) is 4.57 Å². The molecule has 1 heterocycles. The van der Waals surface area contributed by atoms with Gasteiger partial charge >= 0.3 is 5.76 Å². The van der Waals surface area contributed by atoms with Crippen molar-refractivity contribution < 1.29 is 4.42 Å². The normalized spacial score (nSPS) is 10.6. The highest BCUT2D eigenvalue weighted by atomic mass is 16.4. The summed E-state index contributed by atoms with van der Waals surface area (Å²) in [6, 6.07) is 5.18. The zero-order valence-corrected chi connectivity index (χ0v) is 9.36. The maximum absolute atomic E-state index is 11.6. The van der Waals surface area contributed by atoms with Crippen LogP contribution in [0.4, 0.5) is 5.69 Å². The van der Waals surface area contributed by atoms with Gasteiger partial charge in [0.25, 0.3) is 0 Å². The third-order valence-electron chi connectivity index (χ3n) is 2.37. The fourth-order valence-corrected chi connectivity index (χ4v) is 1.53. The van der Waals surface area contributed by atoms with Gasteiger partial charge in [0.05, 0.1) is 5.52 Å². The van der Waals surface area contributed by atoms with Gasteiger partial charge in [-0.05, 0) is 32.0 Å². The Kier molecular flexibility index (Phi) is 2.56. The molecule has 0 atom stereocenters. The lowest BCUT2D eigenvalue weighted by atomic mass is 10.3. The van der Waals surface area contributed by atoms with Crippen LogP contribution >= 0.6 is 0 Å². The fraction of sp³-hybridized carbons (Fsp3) is 0.250. The second-order valence-electron chi connectivity index (χ2n) is 3.99. The predicted octanol–water partition coefficient (Wildman–Crippen LogP) is 2.14. The average Bonchev–Trinajstić information content (AvgIpc) is 2.51. The molecule has 16 heavy (non-hydrogen) atoms. The zero-order valence-electron chi connectivity index (χ0n) is 9.36. The monoisotopic (exact) mass is 218 g/mol. The van der Waals surface area contributed by atoms with Crippen molar-refractivity contribution in [2.45, 2.75) is 20.4 Å².